The van der Waals surface area contributed by atoms with Gasteiger partial charge in [-0.3, -0.25) is 0 Å². The smallest absolute Gasteiger partial charge is 0.255 e. The van der Waals surface area contributed by atoms with E-state index >= 15 is 0 Å². The highest BCUT2D eigenvalue weighted by atomic mass is 16.5. The Balaban J connectivity index is 2.53. The molecule has 4 heteroatoms. The Labute approximate surface area is 63.8 Å². The predicted octanol–water partition coefficient (Wildman–Crippen LogP) is 0.179. The van der Waals surface area contributed by atoms with Crippen LogP contribution in [-0.4, -0.2) is 16.9 Å². The van der Waals surface area contributed by atoms with Gasteiger partial charge in [-0.05, 0) is 5.16 Å². The molecule has 0 saturated carbocycles. The molecule has 1 heterocycles. The maximum Gasteiger partial charge on any atom is 0.255 e. The highest BCUT2D eigenvalue weighted by Crippen LogP contribution is 2.10. The lowest BCUT2D eigenvalue weighted by atomic mass is 10.5. The number of hydrogen-bond donors (Lipinski definition) is 1. The molecule has 0 saturated heterocycles. The fourth-order valence-corrected chi connectivity index (χ4v) is 0.552. The van der Waals surface area contributed by atoms with E-state index in [2.05, 4.69) is 15.6 Å². The molecule has 1 aromatic heterocycles. The summed E-state index contributed by atoms with van der Waals surface area (Å²) in [6.45, 7) is -0.0379. The van der Waals surface area contributed by atoms with E-state index in [1.807, 2.05) is 0 Å². The van der Waals surface area contributed by atoms with E-state index in [9.17, 15) is 0 Å². The number of hydrogen-bond acceptors (Lipinski definition) is 4. The Kier molecular flexibility index (Phi) is 2.53. The van der Waals surface area contributed by atoms with Crippen molar-refractivity contribution < 1.29 is 14.4 Å². The minimum Gasteiger partial charge on any atom is -0.462 e. The Hall–Kier alpha value is -1.47. The zero-order valence-corrected chi connectivity index (χ0v) is 5.78. The van der Waals surface area contributed by atoms with Crippen LogP contribution < -0.4 is 4.74 Å². The molecule has 0 aromatic carbocycles. The number of aliphatic hydroxyl groups is 1. The third kappa shape index (κ3) is 1.99. The lowest BCUT2D eigenvalue weighted by molar-refractivity contribution is 0.224. The van der Waals surface area contributed by atoms with Crippen LogP contribution >= 0.6 is 0 Å². The molecule has 0 spiro atoms. The number of terminal acetylenes is 1. The minimum atomic E-state index is -0.188. The first-order valence-corrected chi connectivity index (χ1v) is 2.99. The second-order valence-electron chi connectivity index (χ2n) is 1.78. The summed E-state index contributed by atoms with van der Waals surface area (Å²) in [4.78, 5) is 0. The lowest BCUT2D eigenvalue weighted by Gasteiger charge is -1.90. The average Bonchev–Trinajstić information content (AvgIpc) is 2.48. The molecule has 0 amide bonds. The Morgan fingerprint density at radius 3 is 3.18 bits per heavy atom. The Morgan fingerprint density at radius 1 is 1.82 bits per heavy atom. The first kappa shape index (κ1) is 7.63. The molecule has 1 N–H and O–H groups in total. The van der Waals surface area contributed by atoms with E-state index in [4.69, 9.17) is 16.3 Å². The third-order valence-corrected chi connectivity index (χ3v) is 0.997. The van der Waals surface area contributed by atoms with Gasteiger partial charge >= 0.3 is 0 Å². The van der Waals surface area contributed by atoms with Gasteiger partial charge in [0, 0.05) is 6.07 Å². The maximum atomic E-state index is 8.55. The molecule has 0 bridgehead atoms. The zero-order valence-electron chi connectivity index (χ0n) is 5.78. The first-order chi connectivity index (χ1) is 5.36. The SMILES string of the molecule is C#CCOc1cc(CO)on1. The van der Waals surface area contributed by atoms with Gasteiger partial charge in [0.15, 0.2) is 12.4 Å². The van der Waals surface area contributed by atoms with Crippen molar-refractivity contribution in [3.63, 3.8) is 0 Å². The fourth-order valence-electron chi connectivity index (χ4n) is 0.552. The molecular weight excluding hydrogens is 146 g/mol. The normalized spacial score (nSPS) is 9.09. The molecule has 0 aliphatic carbocycles. The van der Waals surface area contributed by atoms with E-state index in [0.29, 0.717) is 11.6 Å². The van der Waals surface area contributed by atoms with Crippen LogP contribution in [0.5, 0.6) is 5.88 Å². The van der Waals surface area contributed by atoms with Crippen LogP contribution in [0.4, 0.5) is 0 Å². The molecule has 0 radical (unpaired) electrons. The van der Waals surface area contributed by atoms with Crippen molar-refractivity contribution in [3.8, 4) is 18.2 Å². The van der Waals surface area contributed by atoms with E-state index < -0.39 is 0 Å². The Morgan fingerprint density at radius 2 is 2.64 bits per heavy atom. The molecule has 0 aliphatic rings. The van der Waals surface area contributed by atoms with Crippen LogP contribution in [0.1, 0.15) is 5.76 Å². The summed E-state index contributed by atoms with van der Waals surface area (Å²) in [5, 5.41) is 12.0. The first-order valence-electron chi connectivity index (χ1n) is 2.99. The van der Waals surface area contributed by atoms with E-state index in [0.717, 1.165) is 0 Å². The molecule has 0 fully saturated rings. The van der Waals surface area contributed by atoms with Gasteiger partial charge in [-0.25, -0.2) is 0 Å². The van der Waals surface area contributed by atoms with Crippen LogP contribution in [0, 0.1) is 12.3 Å². The van der Waals surface area contributed by atoms with Gasteiger partial charge in [-0.1, -0.05) is 5.92 Å². The van der Waals surface area contributed by atoms with Crippen molar-refractivity contribution in [2.75, 3.05) is 6.61 Å². The molecule has 1 aromatic rings. The summed E-state index contributed by atoms with van der Waals surface area (Å²) in [6, 6.07) is 1.48. The van der Waals surface area contributed by atoms with Gasteiger partial charge in [0.2, 0.25) is 0 Å². The summed E-state index contributed by atoms with van der Waals surface area (Å²) in [5.74, 6) is 2.93. The number of ether oxygens (including phenoxy) is 1. The standard InChI is InChI=1S/C7H7NO3/c1-2-3-10-7-4-6(5-9)11-8-7/h1,4,9H,3,5H2. The molecule has 0 aliphatic heterocycles. The monoisotopic (exact) mass is 153 g/mol. The minimum absolute atomic E-state index is 0.150. The van der Waals surface area contributed by atoms with E-state index in [-0.39, 0.29) is 13.2 Å². The summed E-state index contributed by atoms with van der Waals surface area (Å²) in [7, 11) is 0. The van der Waals surface area contributed by atoms with Crippen LogP contribution in [0.2, 0.25) is 0 Å². The second-order valence-corrected chi connectivity index (χ2v) is 1.78. The summed E-state index contributed by atoms with van der Waals surface area (Å²) < 4.78 is 9.50. The highest BCUT2D eigenvalue weighted by molar-refractivity contribution is 5.10. The molecule has 1 rings (SSSR count). The van der Waals surface area contributed by atoms with Crippen molar-refractivity contribution in [1.82, 2.24) is 5.16 Å². The molecule has 0 atom stereocenters. The summed E-state index contributed by atoms with van der Waals surface area (Å²) >= 11 is 0. The van der Waals surface area contributed by atoms with Crippen molar-refractivity contribution in [1.29, 1.82) is 0 Å². The number of aliphatic hydroxyl groups excluding tert-OH is 1. The molecule has 58 valence electrons. The van der Waals surface area contributed by atoms with Gasteiger partial charge < -0.3 is 14.4 Å². The van der Waals surface area contributed by atoms with Gasteiger partial charge in [0.25, 0.3) is 5.88 Å². The maximum absolute atomic E-state index is 8.55. The molecular formula is C7H7NO3. The molecule has 11 heavy (non-hydrogen) atoms. The lowest BCUT2D eigenvalue weighted by Crippen LogP contribution is -1.92. The number of nitrogens with zero attached hydrogens (tertiary/aromatic N) is 1. The topological polar surface area (TPSA) is 55.5 Å². The van der Waals surface area contributed by atoms with Gasteiger partial charge in [0.1, 0.15) is 6.61 Å². The zero-order chi connectivity index (χ0) is 8.10. The largest absolute Gasteiger partial charge is 0.462 e. The quantitative estimate of drug-likeness (QED) is 0.629. The van der Waals surface area contributed by atoms with Crippen LogP contribution in [0.25, 0.3) is 0 Å². The van der Waals surface area contributed by atoms with Crippen molar-refractivity contribution >= 4 is 0 Å². The second kappa shape index (κ2) is 3.64. The van der Waals surface area contributed by atoms with Gasteiger partial charge in [-0.15, -0.1) is 6.42 Å². The van der Waals surface area contributed by atoms with Crippen molar-refractivity contribution in [2.45, 2.75) is 6.61 Å². The Bertz CT molecular complexity index is 261. The van der Waals surface area contributed by atoms with E-state index in [1.165, 1.54) is 6.07 Å². The number of rotatable bonds is 3. The van der Waals surface area contributed by atoms with Crippen LogP contribution in [0.3, 0.4) is 0 Å². The summed E-state index contributed by atoms with van der Waals surface area (Å²) in [5.41, 5.74) is 0. The van der Waals surface area contributed by atoms with Crippen LogP contribution in [0.15, 0.2) is 10.6 Å². The van der Waals surface area contributed by atoms with Crippen molar-refractivity contribution in [2.24, 2.45) is 0 Å². The molecule has 4 nitrogen and oxygen atoms in total. The third-order valence-electron chi connectivity index (χ3n) is 0.997. The van der Waals surface area contributed by atoms with Gasteiger partial charge in [0.05, 0.1) is 0 Å². The van der Waals surface area contributed by atoms with Crippen LogP contribution in [-0.2, 0) is 6.61 Å². The number of aromatic nitrogens is 1. The summed E-state index contributed by atoms with van der Waals surface area (Å²) in [6.07, 6.45) is 4.93. The average molecular weight is 153 g/mol. The molecule has 0 unspecified atom stereocenters. The predicted molar refractivity (Wildman–Crippen MR) is 36.8 cm³/mol. The van der Waals surface area contributed by atoms with Crippen molar-refractivity contribution in [3.05, 3.63) is 11.8 Å². The van der Waals surface area contributed by atoms with Gasteiger partial charge in [-0.2, -0.15) is 0 Å². The van der Waals surface area contributed by atoms with E-state index in [1.54, 1.807) is 0 Å². The fraction of sp³-hybridized carbons (Fsp3) is 0.286. The highest BCUT2D eigenvalue weighted by Gasteiger charge is 2.01.